The zero-order valence-corrected chi connectivity index (χ0v) is 14.8. The Morgan fingerprint density at radius 3 is 2.50 bits per heavy atom. The molecule has 134 valence electrons. The summed E-state index contributed by atoms with van der Waals surface area (Å²) in [6.45, 7) is 6.33. The maximum Gasteiger partial charge on any atom is 0.326 e. The van der Waals surface area contributed by atoms with Crippen molar-refractivity contribution in [2.75, 3.05) is 13.7 Å². The normalized spacial score (nSPS) is 13.0. The maximum absolute atomic E-state index is 12.3. The molecular formula is C18H27NO5. The van der Waals surface area contributed by atoms with Gasteiger partial charge in [-0.05, 0) is 30.5 Å². The van der Waals surface area contributed by atoms with Gasteiger partial charge in [0.15, 0.2) is 11.5 Å². The van der Waals surface area contributed by atoms with Crippen molar-refractivity contribution in [3.8, 4) is 11.5 Å². The summed E-state index contributed by atoms with van der Waals surface area (Å²) in [4.78, 5) is 23.7. The highest BCUT2D eigenvalue weighted by atomic mass is 16.5. The van der Waals surface area contributed by atoms with Crippen molar-refractivity contribution < 1.29 is 24.2 Å². The fourth-order valence-corrected chi connectivity index (χ4v) is 2.16. The number of carbonyl (C=O) groups excluding carboxylic acids is 1. The van der Waals surface area contributed by atoms with Crippen LogP contribution in [0, 0.1) is 5.92 Å². The van der Waals surface area contributed by atoms with Crippen molar-refractivity contribution in [2.45, 2.75) is 46.1 Å². The molecule has 1 rings (SSSR count). The fourth-order valence-electron chi connectivity index (χ4n) is 2.16. The number of hydrogen-bond donors (Lipinski definition) is 2. The first-order chi connectivity index (χ1) is 11.4. The van der Waals surface area contributed by atoms with Crippen LogP contribution in [0.1, 0.15) is 50.4 Å². The third-order valence-corrected chi connectivity index (χ3v) is 3.95. The minimum absolute atomic E-state index is 0.162. The zero-order chi connectivity index (χ0) is 18.1. The van der Waals surface area contributed by atoms with Gasteiger partial charge in [-0.3, -0.25) is 4.79 Å². The Hall–Kier alpha value is -2.24. The van der Waals surface area contributed by atoms with E-state index in [4.69, 9.17) is 9.47 Å². The second-order valence-electron chi connectivity index (χ2n) is 5.74. The molecule has 0 saturated carbocycles. The number of ether oxygens (including phenoxy) is 2. The number of nitrogens with one attached hydrogen (secondary N) is 1. The van der Waals surface area contributed by atoms with Gasteiger partial charge in [0, 0.05) is 5.56 Å². The molecule has 24 heavy (non-hydrogen) atoms. The topological polar surface area (TPSA) is 84.9 Å². The van der Waals surface area contributed by atoms with Crippen molar-refractivity contribution in [1.82, 2.24) is 5.32 Å². The summed E-state index contributed by atoms with van der Waals surface area (Å²) in [5, 5.41) is 11.8. The molecular weight excluding hydrogens is 310 g/mol. The van der Waals surface area contributed by atoms with E-state index < -0.39 is 17.9 Å². The summed E-state index contributed by atoms with van der Waals surface area (Å²) in [7, 11) is 1.50. The standard InChI is InChI=1S/C18H27NO5/c1-5-7-10-24-14-9-8-13(11-15(14)23-4)17(20)19-16(18(21)22)12(3)6-2/h8-9,11-12,16H,5-7,10H2,1-4H3,(H,19,20)(H,21,22). The van der Waals surface area contributed by atoms with Gasteiger partial charge in [0.2, 0.25) is 0 Å². The molecule has 1 aromatic carbocycles. The number of carboxylic acids is 1. The molecule has 0 aromatic heterocycles. The number of carbonyl (C=O) groups is 2. The molecule has 0 bridgehead atoms. The number of aliphatic carboxylic acids is 1. The summed E-state index contributed by atoms with van der Waals surface area (Å²) < 4.78 is 10.9. The van der Waals surface area contributed by atoms with Gasteiger partial charge in [-0.15, -0.1) is 0 Å². The lowest BCUT2D eigenvalue weighted by molar-refractivity contribution is -0.140. The molecule has 0 saturated heterocycles. The van der Waals surface area contributed by atoms with Crippen LogP contribution in [0.25, 0.3) is 0 Å². The monoisotopic (exact) mass is 337 g/mol. The molecule has 0 aliphatic carbocycles. The highest BCUT2D eigenvalue weighted by Crippen LogP contribution is 2.28. The van der Waals surface area contributed by atoms with Gasteiger partial charge in [-0.1, -0.05) is 33.6 Å². The average molecular weight is 337 g/mol. The van der Waals surface area contributed by atoms with Gasteiger partial charge in [0.05, 0.1) is 13.7 Å². The first-order valence-electron chi connectivity index (χ1n) is 8.29. The Morgan fingerprint density at radius 2 is 1.96 bits per heavy atom. The highest BCUT2D eigenvalue weighted by Gasteiger charge is 2.26. The molecule has 0 heterocycles. The highest BCUT2D eigenvalue weighted by molar-refractivity contribution is 5.97. The minimum Gasteiger partial charge on any atom is -0.493 e. The molecule has 1 aromatic rings. The van der Waals surface area contributed by atoms with E-state index in [1.54, 1.807) is 25.1 Å². The third-order valence-electron chi connectivity index (χ3n) is 3.95. The Balaban J connectivity index is 2.88. The molecule has 6 nitrogen and oxygen atoms in total. The van der Waals surface area contributed by atoms with Crippen LogP contribution in [-0.2, 0) is 4.79 Å². The van der Waals surface area contributed by atoms with E-state index >= 15 is 0 Å². The van der Waals surface area contributed by atoms with Crippen molar-refractivity contribution in [2.24, 2.45) is 5.92 Å². The van der Waals surface area contributed by atoms with Gasteiger partial charge in [0.1, 0.15) is 6.04 Å². The molecule has 0 fully saturated rings. The van der Waals surface area contributed by atoms with Gasteiger partial charge in [-0.2, -0.15) is 0 Å². The molecule has 0 aliphatic rings. The second-order valence-corrected chi connectivity index (χ2v) is 5.74. The van der Waals surface area contributed by atoms with Crippen molar-refractivity contribution >= 4 is 11.9 Å². The number of amides is 1. The molecule has 1 amide bonds. The second kappa shape index (κ2) is 9.80. The molecule has 2 N–H and O–H groups in total. The Kier molecular flexibility index (Phi) is 8.09. The van der Waals surface area contributed by atoms with Crippen LogP contribution in [-0.4, -0.2) is 36.7 Å². The third kappa shape index (κ3) is 5.44. The lowest BCUT2D eigenvalue weighted by atomic mass is 9.99. The molecule has 6 heteroatoms. The van der Waals surface area contributed by atoms with Crippen LogP contribution in [0.3, 0.4) is 0 Å². The quantitative estimate of drug-likeness (QED) is 0.641. The summed E-state index contributed by atoms with van der Waals surface area (Å²) in [5.41, 5.74) is 0.337. The average Bonchev–Trinajstić information content (AvgIpc) is 2.58. The number of methoxy groups -OCH3 is 1. The van der Waals surface area contributed by atoms with Crippen LogP contribution >= 0.6 is 0 Å². The number of benzene rings is 1. The fraction of sp³-hybridized carbons (Fsp3) is 0.556. The smallest absolute Gasteiger partial charge is 0.326 e. The van der Waals surface area contributed by atoms with E-state index in [1.807, 2.05) is 6.92 Å². The van der Waals surface area contributed by atoms with Crippen LogP contribution in [0.4, 0.5) is 0 Å². The summed E-state index contributed by atoms with van der Waals surface area (Å²) in [6.07, 6.45) is 2.61. The summed E-state index contributed by atoms with van der Waals surface area (Å²) in [6, 6.07) is 3.91. The van der Waals surface area contributed by atoms with Crippen molar-refractivity contribution in [3.63, 3.8) is 0 Å². The van der Waals surface area contributed by atoms with E-state index in [2.05, 4.69) is 12.2 Å². The van der Waals surface area contributed by atoms with E-state index in [1.165, 1.54) is 7.11 Å². The van der Waals surface area contributed by atoms with Gasteiger partial charge in [-0.25, -0.2) is 4.79 Å². The Labute approximate surface area is 143 Å². The number of hydrogen-bond acceptors (Lipinski definition) is 4. The Bertz CT molecular complexity index is 558. The number of unbranched alkanes of at least 4 members (excludes halogenated alkanes) is 1. The van der Waals surface area contributed by atoms with Crippen LogP contribution in [0.5, 0.6) is 11.5 Å². The van der Waals surface area contributed by atoms with Gasteiger partial charge >= 0.3 is 5.97 Å². The predicted octanol–water partition coefficient (Wildman–Crippen LogP) is 3.10. The molecule has 0 spiro atoms. The van der Waals surface area contributed by atoms with Crippen LogP contribution in [0.15, 0.2) is 18.2 Å². The summed E-state index contributed by atoms with van der Waals surface area (Å²) in [5.74, 6) is -0.622. The minimum atomic E-state index is -1.04. The van der Waals surface area contributed by atoms with E-state index in [9.17, 15) is 14.7 Å². The van der Waals surface area contributed by atoms with Crippen molar-refractivity contribution in [1.29, 1.82) is 0 Å². The maximum atomic E-state index is 12.3. The lowest BCUT2D eigenvalue weighted by Crippen LogP contribution is -2.45. The molecule has 0 radical (unpaired) electrons. The van der Waals surface area contributed by atoms with Gasteiger partial charge in [0.25, 0.3) is 5.91 Å². The molecule has 2 atom stereocenters. The first-order valence-corrected chi connectivity index (χ1v) is 8.29. The zero-order valence-electron chi connectivity index (χ0n) is 14.8. The van der Waals surface area contributed by atoms with E-state index in [-0.39, 0.29) is 5.92 Å². The lowest BCUT2D eigenvalue weighted by Gasteiger charge is -2.20. The van der Waals surface area contributed by atoms with E-state index in [0.29, 0.717) is 30.1 Å². The van der Waals surface area contributed by atoms with Crippen molar-refractivity contribution in [3.05, 3.63) is 23.8 Å². The van der Waals surface area contributed by atoms with Crippen LogP contribution < -0.4 is 14.8 Å². The SMILES string of the molecule is CCCCOc1ccc(C(=O)NC(C(=O)O)C(C)CC)cc1OC. The Morgan fingerprint density at radius 1 is 1.25 bits per heavy atom. The molecule has 0 aliphatic heterocycles. The summed E-state index contributed by atoms with van der Waals surface area (Å²) >= 11 is 0. The first kappa shape index (κ1) is 19.8. The van der Waals surface area contributed by atoms with Gasteiger partial charge < -0.3 is 19.9 Å². The predicted molar refractivity (Wildman–Crippen MR) is 91.7 cm³/mol. The van der Waals surface area contributed by atoms with E-state index in [0.717, 1.165) is 12.8 Å². The van der Waals surface area contributed by atoms with Crippen LogP contribution in [0.2, 0.25) is 0 Å². The number of rotatable bonds is 10. The largest absolute Gasteiger partial charge is 0.493 e. The number of carboxylic acid groups (broad SMARTS) is 1. The molecule has 2 unspecified atom stereocenters.